The molecule has 0 saturated carbocycles. The van der Waals surface area contributed by atoms with Gasteiger partial charge in [0.15, 0.2) is 0 Å². The van der Waals surface area contributed by atoms with E-state index in [-0.39, 0.29) is 5.91 Å². The van der Waals surface area contributed by atoms with Gasteiger partial charge in [-0.15, -0.1) is 11.8 Å². The summed E-state index contributed by atoms with van der Waals surface area (Å²) < 4.78 is 5.50. The summed E-state index contributed by atoms with van der Waals surface area (Å²) in [6.07, 6.45) is 1.04. The second kappa shape index (κ2) is 8.23. The number of rotatable bonds is 5. The standard InChI is InChI=1S/C21H25N3O2S/c1-26-19-5-3-2-4-18(19)24-12-10-23(11-13-24)9-8-16-6-7-17-20(14-16)27-15-21(25)22-17/h2-7,14H,8-13,15H2,1H3,(H,22,25). The van der Waals surface area contributed by atoms with E-state index >= 15 is 0 Å². The van der Waals surface area contributed by atoms with Gasteiger partial charge >= 0.3 is 0 Å². The van der Waals surface area contributed by atoms with Gasteiger partial charge in [-0.3, -0.25) is 9.69 Å². The first kappa shape index (κ1) is 18.2. The van der Waals surface area contributed by atoms with E-state index < -0.39 is 0 Å². The Balaban J connectivity index is 1.30. The van der Waals surface area contributed by atoms with Crippen LogP contribution in [0.25, 0.3) is 0 Å². The number of fused-ring (bicyclic) bond motifs is 1. The third-order valence-corrected chi connectivity index (χ3v) is 6.25. The van der Waals surface area contributed by atoms with Gasteiger partial charge < -0.3 is 15.0 Å². The Morgan fingerprint density at radius 1 is 1.11 bits per heavy atom. The number of amides is 1. The smallest absolute Gasteiger partial charge is 0.234 e. The van der Waals surface area contributed by atoms with Crippen LogP contribution < -0.4 is 15.0 Å². The average molecular weight is 384 g/mol. The molecule has 6 heteroatoms. The molecule has 0 aliphatic carbocycles. The first-order valence-corrected chi connectivity index (χ1v) is 10.4. The lowest BCUT2D eigenvalue weighted by atomic mass is 10.1. The average Bonchev–Trinajstić information content (AvgIpc) is 2.72. The summed E-state index contributed by atoms with van der Waals surface area (Å²) in [6.45, 7) is 5.23. The molecule has 1 saturated heterocycles. The maximum Gasteiger partial charge on any atom is 0.234 e. The molecule has 5 nitrogen and oxygen atoms in total. The molecule has 27 heavy (non-hydrogen) atoms. The fourth-order valence-corrected chi connectivity index (χ4v) is 4.53. The van der Waals surface area contributed by atoms with Gasteiger partial charge in [-0.25, -0.2) is 0 Å². The van der Waals surface area contributed by atoms with Crippen molar-refractivity contribution >= 4 is 29.0 Å². The van der Waals surface area contributed by atoms with Crippen molar-refractivity contribution in [3.05, 3.63) is 48.0 Å². The molecule has 1 amide bonds. The van der Waals surface area contributed by atoms with Crippen LogP contribution in [0, 0.1) is 0 Å². The Bertz CT molecular complexity index is 819. The SMILES string of the molecule is COc1ccccc1N1CCN(CCc2ccc3c(c2)SCC(=O)N3)CC1. The van der Waals surface area contributed by atoms with Crippen molar-refractivity contribution < 1.29 is 9.53 Å². The van der Waals surface area contributed by atoms with Crippen molar-refractivity contribution in [2.24, 2.45) is 0 Å². The lowest BCUT2D eigenvalue weighted by molar-refractivity contribution is -0.113. The molecule has 0 unspecified atom stereocenters. The van der Waals surface area contributed by atoms with Crippen LogP contribution in [-0.2, 0) is 11.2 Å². The van der Waals surface area contributed by atoms with Crippen LogP contribution in [0.4, 0.5) is 11.4 Å². The Kier molecular flexibility index (Phi) is 5.55. The summed E-state index contributed by atoms with van der Waals surface area (Å²) in [6, 6.07) is 14.6. The van der Waals surface area contributed by atoms with E-state index in [1.54, 1.807) is 18.9 Å². The van der Waals surface area contributed by atoms with Crippen molar-refractivity contribution in [2.75, 3.05) is 55.8 Å². The van der Waals surface area contributed by atoms with Crippen LogP contribution in [0.2, 0.25) is 0 Å². The molecule has 0 aromatic heterocycles. The second-order valence-corrected chi connectivity index (χ2v) is 7.94. The van der Waals surface area contributed by atoms with E-state index in [0.717, 1.165) is 50.6 Å². The number of hydrogen-bond acceptors (Lipinski definition) is 5. The minimum Gasteiger partial charge on any atom is -0.495 e. The van der Waals surface area contributed by atoms with Gasteiger partial charge in [0.2, 0.25) is 5.91 Å². The van der Waals surface area contributed by atoms with Gasteiger partial charge in [-0.2, -0.15) is 0 Å². The normalized spacial score (nSPS) is 17.4. The Morgan fingerprint density at radius 2 is 1.93 bits per heavy atom. The minimum absolute atomic E-state index is 0.0909. The summed E-state index contributed by atoms with van der Waals surface area (Å²) in [5.41, 5.74) is 3.48. The number of carbonyl (C=O) groups is 1. The van der Waals surface area contributed by atoms with Gasteiger partial charge in [-0.1, -0.05) is 18.2 Å². The first-order chi connectivity index (χ1) is 13.2. The number of thioether (sulfide) groups is 1. The fraction of sp³-hybridized carbons (Fsp3) is 0.381. The number of carbonyl (C=O) groups excluding carboxylic acids is 1. The van der Waals surface area contributed by atoms with Crippen LogP contribution >= 0.6 is 11.8 Å². The summed E-state index contributed by atoms with van der Waals surface area (Å²) in [4.78, 5) is 17.6. The maximum atomic E-state index is 11.5. The monoisotopic (exact) mass is 383 g/mol. The van der Waals surface area contributed by atoms with E-state index in [2.05, 4.69) is 39.4 Å². The number of nitrogens with one attached hydrogen (secondary N) is 1. The van der Waals surface area contributed by atoms with E-state index in [4.69, 9.17) is 4.74 Å². The second-order valence-electron chi connectivity index (χ2n) is 6.92. The van der Waals surface area contributed by atoms with E-state index in [1.807, 2.05) is 18.2 Å². The number of piperazine rings is 1. The van der Waals surface area contributed by atoms with E-state index in [9.17, 15) is 4.79 Å². The first-order valence-electron chi connectivity index (χ1n) is 9.39. The van der Waals surface area contributed by atoms with Gasteiger partial charge in [0.25, 0.3) is 0 Å². The summed E-state index contributed by atoms with van der Waals surface area (Å²) in [7, 11) is 1.73. The van der Waals surface area contributed by atoms with Crippen LogP contribution in [0.5, 0.6) is 5.75 Å². The quantitative estimate of drug-likeness (QED) is 0.860. The highest BCUT2D eigenvalue weighted by molar-refractivity contribution is 8.00. The molecule has 2 aromatic carbocycles. The van der Waals surface area contributed by atoms with Crippen LogP contribution in [0.15, 0.2) is 47.4 Å². The lowest BCUT2D eigenvalue weighted by Crippen LogP contribution is -2.47. The third kappa shape index (κ3) is 4.22. The summed E-state index contributed by atoms with van der Waals surface area (Å²) >= 11 is 1.63. The Morgan fingerprint density at radius 3 is 2.74 bits per heavy atom. The maximum absolute atomic E-state index is 11.5. The van der Waals surface area contributed by atoms with Gasteiger partial charge in [0.05, 0.1) is 24.2 Å². The number of hydrogen-bond donors (Lipinski definition) is 1. The van der Waals surface area contributed by atoms with E-state index in [1.165, 1.54) is 16.1 Å². The predicted molar refractivity (Wildman–Crippen MR) is 111 cm³/mol. The number of nitrogens with zero attached hydrogens (tertiary/aromatic N) is 2. The molecule has 0 atom stereocenters. The molecule has 1 N–H and O–H groups in total. The molecule has 0 bridgehead atoms. The number of anilines is 2. The van der Waals surface area contributed by atoms with Crippen LogP contribution in [-0.4, -0.2) is 56.4 Å². The van der Waals surface area contributed by atoms with Crippen molar-refractivity contribution in [1.82, 2.24) is 4.90 Å². The van der Waals surface area contributed by atoms with Gasteiger partial charge in [0.1, 0.15) is 5.75 Å². The van der Waals surface area contributed by atoms with Crippen molar-refractivity contribution in [1.29, 1.82) is 0 Å². The van der Waals surface area contributed by atoms with Gasteiger partial charge in [-0.05, 0) is 36.2 Å². The molecule has 1 fully saturated rings. The molecule has 142 valence electrons. The topological polar surface area (TPSA) is 44.8 Å². The highest BCUT2D eigenvalue weighted by Gasteiger charge is 2.20. The largest absolute Gasteiger partial charge is 0.495 e. The van der Waals surface area contributed by atoms with Crippen LogP contribution in [0.1, 0.15) is 5.56 Å². The van der Waals surface area contributed by atoms with Crippen molar-refractivity contribution in [2.45, 2.75) is 11.3 Å². The highest BCUT2D eigenvalue weighted by Crippen LogP contribution is 2.32. The molecule has 2 heterocycles. The van der Waals surface area contributed by atoms with Gasteiger partial charge in [0, 0.05) is 37.6 Å². The number of benzene rings is 2. The molecule has 2 aliphatic rings. The highest BCUT2D eigenvalue weighted by atomic mass is 32.2. The zero-order chi connectivity index (χ0) is 18.6. The minimum atomic E-state index is 0.0909. The summed E-state index contributed by atoms with van der Waals surface area (Å²) in [5, 5.41) is 2.94. The number of para-hydroxylation sites is 2. The fourth-order valence-electron chi connectivity index (χ4n) is 3.67. The molecule has 4 rings (SSSR count). The molecule has 0 spiro atoms. The third-order valence-electron chi connectivity index (χ3n) is 5.19. The molecular weight excluding hydrogens is 358 g/mol. The Hall–Kier alpha value is -2.18. The number of ether oxygens (including phenoxy) is 1. The molecule has 0 radical (unpaired) electrons. The molecule has 2 aliphatic heterocycles. The molecule has 2 aromatic rings. The lowest BCUT2D eigenvalue weighted by Gasteiger charge is -2.36. The van der Waals surface area contributed by atoms with E-state index in [0.29, 0.717) is 5.75 Å². The van der Waals surface area contributed by atoms with Crippen molar-refractivity contribution in [3.8, 4) is 5.75 Å². The van der Waals surface area contributed by atoms with Crippen LogP contribution in [0.3, 0.4) is 0 Å². The Labute approximate surface area is 164 Å². The number of methoxy groups -OCH3 is 1. The zero-order valence-corrected chi connectivity index (χ0v) is 16.4. The zero-order valence-electron chi connectivity index (χ0n) is 15.6. The summed E-state index contributed by atoms with van der Waals surface area (Å²) in [5.74, 6) is 1.55. The molecular formula is C21H25N3O2S. The predicted octanol–water partition coefficient (Wildman–Crippen LogP) is 3.10. The van der Waals surface area contributed by atoms with Crippen molar-refractivity contribution in [3.63, 3.8) is 0 Å².